The number of nitrogens with zero attached hydrogens (tertiary/aromatic N) is 1. The van der Waals surface area contributed by atoms with E-state index >= 15 is 0 Å². The lowest BCUT2D eigenvalue weighted by molar-refractivity contribution is -0.132. The van der Waals surface area contributed by atoms with Gasteiger partial charge in [-0.25, -0.2) is 0 Å². The fourth-order valence-corrected chi connectivity index (χ4v) is 2.71. The van der Waals surface area contributed by atoms with Gasteiger partial charge in [-0.3, -0.25) is 4.79 Å². The van der Waals surface area contributed by atoms with Crippen molar-refractivity contribution in [2.45, 2.75) is 45.6 Å². The molecule has 1 aromatic carbocycles. The fraction of sp³-hybridized carbons (Fsp3) is 0.562. The number of likely N-dealkylation sites (N-methyl/N-ethyl adjacent to an activating group) is 1. The summed E-state index contributed by atoms with van der Waals surface area (Å²) in [5.41, 5.74) is 10.7. The number of carbonyl (C=O) groups excluding carboxylic acids is 1. The van der Waals surface area contributed by atoms with Crippen molar-refractivity contribution in [3.8, 4) is 0 Å². The van der Waals surface area contributed by atoms with Crippen LogP contribution in [0.3, 0.4) is 0 Å². The number of carbonyl (C=O) groups is 1. The fourth-order valence-electron chi connectivity index (χ4n) is 2.71. The van der Waals surface area contributed by atoms with Gasteiger partial charge in [0.1, 0.15) is 0 Å². The van der Waals surface area contributed by atoms with Gasteiger partial charge in [-0.2, -0.15) is 0 Å². The highest BCUT2D eigenvalue weighted by atomic mass is 16.2. The lowest BCUT2D eigenvalue weighted by Gasteiger charge is -2.22. The second-order valence-electron chi connectivity index (χ2n) is 6.01. The summed E-state index contributed by atoms with van der Waals surface area (Å²) in [5, 5.41) is 0. The number of rotatable bonds is 4. The summed E-state index contributed by atoms with van der Waals surface area (Å²) in [5.74, 6) is 0.0925. The highest BCUT2D eigenvalue weighted by Crippen LogP contribution is 2.33. The first-order chi connectivity index (χ1) is 8.83. The summed E-state index contributed by atoms with van der Waals surface area (Å²) in [4.78, 5) is 13.9. The van der Waals surface area contributed by atoms with Gasteiger partial charge in [0.2, 0.25) is 5.91 Å². The van der Waals surface area contributed by atoms with Crippen LogP contribution in [0.1, 0.15) is 35.1 Å². The molecule has 1 aliphatic carbocycles. The zero-order valence-corrected chi connectivity index (χ0v) is 12.4. The van der Waals surface area contributed by atoms with Gasteiger partial charge in [-0.05, 0) is 56.7 Å². The first-order valence-electron chi connectivity index (χ1n) is 6.95. The normalized spacial score (nSPS) is 16.3. The molecule has 104 valence electrons. The topological polar surface area (TPSA) is 46.3 Å². The Labute approximate surface area is 115 Å². The Morgan fingerprint density at radius 1 is 1.26 bits per heavy atom. The third-order valence-corrected chi connectivity index (χ3v) is 4.10. The Kier molecular flexibility index (Phi) is 3.68. The Balaban J connectivity index is 2.01. The summed E-state index contributed by atoms with van der Waals surface area (Å²) in [6, 6.07) is 4.41. The van der Waals surface area contributed by atoms with Gasteiger partial charge in [-0.1, -0.05) is 17.7 Å². The predicted octanol–water partition coefficient (Wildman–Crippen LogP) is 2.10. The minimum atomic E-state index is -0.549. The zero-order chi connectivity index (χ0) is 14.2. The number of hydrogen-bond donors (Lipinski definition) is 1. The molecular formula is C16H24N2O. The third kappa shape index (κ3) is 2.98. The lowest BCUT2D eigenvalue weighted by Crippen LogP contribution is -2.44. The monoisotopic (exact) mass is 260 g/mol. The average molecular weight is 260 g/mol. The van der Waals surface area contributed by atoms with Crippen LogP contribution in [0.5, 0.6) is 0 Å². The van der Waals surface area contributed by atoms with E-state index in [1.165, 1.54) is 22.3 Å². The smallest absolute Gasteiger partial charge is 0.242 e. The number of aryl methyl sites for hydroxylation is 3. The maximum Gasteiger partial charge on any atom is 0.242 e. The molecule has 1 saturated carbocycles. The maximum atomic E-state index is 12.1. The molecule has 3 heteroatoms. The van der Waals surface area contributed by atoms with Crippen molar-refractivity contribution in [3.63, 3.8) is 0 Å². The summed E-state index contributed by atoms with van der Waals surface area (Å²) >= 11 is 0. The van der Waals surface area contributed by atoms with Gasteiger partial charge in [-0.15, -0.1) is 0 Å². The summed E-state index contributed by atoms with van der Waals surface area (Å²) in [6.07, 6.45) is 2.56. The molecule has 0 aliphatic heterocycles. The van der Waals surface area contributed by atoms with Crippen molar-refractivity contribution in [1.29, 1.82) is 0 Å². The molecule has 0 aromatic heterocycles. The Morgan fingerprint density at radius 3 is 2.26 bits per heavy atom. The van der Waals surface area contributed by atoms with Gasteiger partial charge in [0.25, 0.3) is 0 Å². The summed E-state index contributed by atoms with van der Waals surface area (Å²) in [6.45, 7) is 7.14. The summed E-state index contributed by atoms with van der Waals surface area (Å²) in [7, 11) is 1.86. The second-order valence-corrected chi connectivity index (χ2v) is 6.01. The largest absolute Gasteiger partial charge is 0.344 e. The minimum Gasteiger partial charge on any atom is -0.344 e. The van der Waals surface area contributed by atoms with E-state index in [1.807, 2.05) is 7.05 Å². The zero-order valence-electron chi connectivity index (χ0n) is 12.4. The van der Waals surface area contributed by atoms with Gasteiger partial charge >= 0.3 is 0 Å². The average Bonchev–Trinajstić information content (AvgIpc) is 3.06. The molecule has 1 amide bonds. The van der Waals surface area contributed by atoms with Crippen LogP contribution < -0.4 is 5.73 Å². The number of benzene rings is 1. The molecule has 0 unspecified atom stereocenters. The highest BCUT2D eigenvalue weighted by molar-refractivity contribution is 5.88. The van der Waals surface area contributed by atoms with Crippen molar-refractivity contribution < 1.29 is 4.79 Å². The molecule has 2 rings (SSSR count). The molecular weight excluding hydrogens is 236 g/mol. The van der Waals surface area contributed by atoms with E-state index in [0.29, 0.717) is 0 Å². The Bertz CT molecular complexity index is 480. The quantitative estimate of drug-likeness (QED) is 0.901. The molecule has 1 aromatic rings. The van der Waals surface area contributed by atoms with Gasteiger partial charge < -0.3 is 10.6 Å². The van der Waals surface area contributed by atoms with E-state index in [1.54, 1.807) is 4.90 Å². The number of amides is 1. The van der Waals surface area contributed by atoms with Crippen LogP contribution in [0.15, 0.2) is 12.1 Å². The molecule has 0 spiro atoms. The van der Waals surface area contributed by atoms with Gasteiger partial charge in [0.15, 0.2) is 0 Å². The van der Waals surface area contributed by atoms with Crippen molar-refractivity contribution in [1.82, 2.24) is 4.90 Å². The van der Waals surface area contributed by atoms with E-state index < -0.39 is 5.54 Å². The predicted molar refractivity (Wildman–Crippen MR) is 78.1 cm³/mol. The molecule has 0 saturated heterocycles. The molecule has 0 atom stereocenters. The number of nitrogens with two attached hydrogens (primary N) is 1. The van der Waals surface area contributed by atoms with Crippen LogP contribution in [0, 0.1) is 20.8 Å². The van der Waals surface area contributed by atoms with Crippen LogP contribution >= 0.6 is 0 Å². The SMILES string of the molecule is Cc1cc(C)c(CCN(C)C(=O)C2(N)CC2)c(C)c1. The first kappa shape index (κ1) is 14.1. The van der Waals surface area contributed by atoms with E-state index in [2.05, 4.69) is 32.9 Å². The highest BCUT2D eigenvalue weighted by Gasteiger charge is 2.47. The van der Waals surface area contributed by atoms with Gasteiger partial charge in [0.05, 0.1) is 5.54 Å². The van der Waals surface area contributed by atoms with Crippen molar-refractivity contribution in [2.75, 3.05) is 13.6 Å². The third-order valence-electron chi connectivity index (χ3n) is 4.10. The van der Waals surface area contributed by atoms with Crippen molar-refractivity contribution in [2.24, 2.45) is 5.73 Å². The maximum absolute atomic E-state index is 12.1. The first-order valence-corrected chi connectivity index (χ1v) is 6.95. The number of hydrogen-bond acceptors (Lipinski definition) is 2. The van der Waals surface area contributed by atoms with Crippen molar-refractivity contribution in [3.05, 3.63) is 34.4 Å². The molecule has 1 fully saturated rings. The van der Waals surface area contributed by atoms with Crippen LogP contribution in [-0.2, 0) is 11.2 Å². The molecule has 2 N–H and O–H groups in total. The van der Waals surface area contributed by atoms with Crippen LogP contribution in [0.2, 0.25) is 0 Å². The van der Waals surface area contributed by atoms with E-state index in [9.17, 15) is 4.79 Å². The summed E-state index contributed by atoms with van der Waals surface area (Å²) < 4.78 is 0. The van der Waals surface area contributed by atoms with Crippen LogP contribution in [0.25, 0.3) is 0 Å². The lowest BCUT2D eigenvalue weighted by atomic mass is 9.97. The van der Waals surface area contributed by atoms with Crippen LogP contribution in [0.4, 0.5) is 0 Å². The molecule has 1 aliphatic rings. The van der Waals surface area contributed by atoms with Crippen LogP contribution in [-0.4, -0.2) is 29.9 Å². The second kappa shape index (κ2) is 4.97. The Hall–Kier alpha value is -1.35. The molecule has 3 nitrogen and oxygen atoms in total. The van der Waals surface area contributed by atoms with Gasteiger partial charge in [0, 0.05) is 13.6 Å². The molecule has 19 heavy (non-hydrogen) atoms. The standard InChI is InChI=1S/C16H24N2O/c1-11-9-12(2)14(13(3)10-11)5-8-18(4)15(19)16(17)6-7-16/h9-10H,5-8,17H2,1-4H3. The molecule has 0 heterocycles. The van der Waals surface area contributed by atoms with Crippen molar-refractivity contribution >= 4 is 5.91 Å². The van der Waals surface area contributed by atoms with E-state index in [4.69, 9.17) is 5.73 Å². The molecule has 0 radical (unpaired) electrons. The minimum absolute atomic E-state index is 0.0925. The van der Waals surface area contributed by atoms with E-state index in [0.717, 1.165) is 25.8 Å². The Morgan fingerprint density at radius 2 is 1.79 bits per heavy atom. The molecule has 0 bridgehead atoms. The van der Waals surface area contributed by atoms with E-state index in [-0.39, 0.29) is 5.91 Å².